The lowest BCUT2D eigenvalue weighted by molar-refractivity contribution is 0.0859. The Hall–Kier alpha value is -0.740. The van der Waals surface area contributed by atoms with Crippen LogP contribution in [0.5, 0.6) is 0 Å². The number of aliphatic hydroxyl groups is 12. The Morgan fingerprint density at radius 3 is 0.420 bits per heavy atom. The number of aliphatic hydroxyl groups excluding tert-OH is 12. The fourth-order valence-corrected chi connectivity index (χ4v) is 9.64. The van der Waals surface area contributed by atoms with Gasteiger partial charge < -0.3 is 61.3 Å². The highest BCUT2D eigenvalue weighted by molar-refractivity contribution is 4.65. The van der Waals surface area contributed by atoms with Crippen molar-refractivity contribution in [3.8, 4) is 0 Å². The predicted molar refractivity (Wildman–Crippen MR) is 382 cm³/mol. The van der Waals surface area contributed by atoms with Crippen LogP contribution in [0.25, 0.3) is 0 Å². The molecule has 0 aliphatic rings. The molecule has 0 amide bonds. The molecule has 0 aromatic carbocycles. The largest absolute Gasteiger partial charge is 0.394 e. The van der Waals surface area contributed by atoms with Crippen molar-refractivity contribution >= 4 is 0 Å². The smallest absolute Gasteiger partial charge is 0.0770 e. The molecule has 12 heteroatoms. The number of rotatable bonds is 61. The van der Waals surface area contributed by atoms with Crippen molar-refractivity contribution in [1.29, 1.82) is 0 Å². The van der Waals surface area contributed by atoms with Gasteiger partial charge in [-0.3, -0.25) is 0 Å². The Bertz CT molecular complexity index is 921. The van der Waals surface area contributed by atoms with Crippen LogP contribution in [0, 0.1) is 0 Å². The maximum atomic E-state index is 9.01. The summed E-state index contributed by atoms with van der Waals surface area (Å²) in [5.74, 6) is 0. The van der Waals surface area contributed by atoms with E-state index in [1.54, 1.807) is 0 Å². The molecule has 0 saturated heterocycles. The summed E-state index contributed by atoms with van der Waals surface area (Å²) in [7, 11) is 0. The highest BCUT2D eigenvalue weighted by Gasteiger charge is 2.05. The second-order valence-electron chi connectivity index (χ2n) is 25.3. The number of hydrogen-bond acceptors (Lipinski definition) is 12. The van der Waals surface area contributed by atoms with Gasteiger partial charge >= 0.3 is 0 Å². The van der Waals surface area contributed by atoms with Crippen molar-refractivity contribution in [3.05, 3.63) is 12.7 Å². The van der Waals surface area contributed by atoms with E-state index in [0.717, 1.165) is 77.0 Å². The molecule has 0 fully saturated rings. The van der Waals surface area contributed by atoms with E-state index in [1.165, 1.54) is 276 Å². The Labute approximate surface area is 549 Å². The minimum absolute atomic E-state index is 0.0883. The number of allylic oxidation sites excluding steroid dienone is 1. The monoisotopic (exact) mass is 1270 g/mol. The van der Waals surface area contributed by atoms with Crippen molar-refractivity contribution in [2.24, 2.45) is 0 Å². The first-order valence-corrected chi connectivity index (χ1v) is 38.1. The highest BCUT2D eigenvalue weighted by atomic mass is 16.3. The summed E-state index contributed by atoms with van der Waals surface area (Å²) < 4.78 is 0. The van der Waals surface area contributed by atoms with Crippen LogP contribution in [0.3, 0.4) is 0 Å². The summed E-state index contributed by atoms with van der Waals surface area (Å²) in [6, 6.07) is 0. The van der Waals surface area contributed by atoms with E-state index in [9.17, 15) is 0 Å². The normalized spacial score (nSPS) is 12.8. The van der Waals surface area contributed by atoms with Crippen molar-refractivity contribution in [3.63, 3.8) is 0 Å². The van der Waals surface area contributed by atoms with E-state index in [0.29, 0.717) is 0 Å². The molecule has 0 spiro atoms. The molecule has 0 aromatic heterocycles. The van der Waals surface area contributed by atoms with Gasteiger partial charge in [0, 0.05) is 0 Å². The van der Waals surface area contributed by atoms with Gasteiger partial charge in [-0.1, -0.05) is 356 Å². The average molecular weight is 1270 g/mol. The standard InChI is InChI=1S/C16H32.6C10H22O2/c1-3-5-7-9-11-13-15-16-14-12-10-8-6-4-2;6*1-2-3-4-5-6-7-8-10(12)9-11/h3H,1,4-16H2,2H3;6*10-12H,2-9H2,1H3. The lowest BCUT2D eigenvalue weighted by atomic mass is 10.0. The minimum Gasteiger partial charge on any atom is -0.394 e. The van der Waals surface area contributed by atoms with Gasteiger partial charge in [-0.25, -0.2) is 0 Å². The first-order chi connectivity index (χ1) is 42.8. The van der Waals surface area contributed by atoms with Crippen LogP contribution in [0.15, 0.2) is 12.7 Å². The van der Waals surface area contributed by atoms with Gasteiger partial charge in [0.1, 0.15) is 0 Å². The predicted octanol–water partition coefficient (Wildman–Crippen LogP) is 18.8. The SMILES string of the molecule is C=CCCCCCCCCCCCCCC.CCCCCCCCC(O)CO.CCCCCCCCC(O)CO.CCCCCCCCC(O)CO.CCCCCCCCC(O)CO.CCCCCCCCC(O)CO.CCCCCCCCC(O)CO. The third-order valence-corrected chi connectivity index (χ3v) is 15.9. The molecule has 12 N–H and O–H groups in total. The Balaban J connectivity index is -0.000000174. The van der Waals surface area contributed by atoms with Crippen LogP contribution in [0.4, 0.5) is 0 Å². The van der Waals surface area contributed by atoms with E-state index in [1.807, 2.05) is 6.08 Å². The Morgan fingerprint density at radius 1 is 0.193 bits per heavy atom. The molecule has 0 heterocycles. The molecule has 0 radical (unpaired) electrons. The summed E-state index contributed by atoms with van der Waals surface area (Å²) in [5, 5.41) is 105. The van der Waals surface area contributed by atoms with Gasteiger partial charge in [-0.05, 0) is 51.4 Å². The first-order valence-electron chi connectivity index (χ1n) is 38.1. The van der Waals surface area contributed by atoms with Crippen LogP contribution < -0.4 is 0 Å². The molecule has 88 heavy (non-hydrogen) atoms. The van der Waals surface area contributed by atoms with Crippen LogP contribution in [-0.2, 0) is 0 Å². The number of hydrogen-bond donors (Lipinski definition) is 12. The van der Waals surface area contributed by atoms with Crippen LogP contribution in [0.2, 0.25) is 0 Å². The molecule has 0 aliphatic carbocycles. The van der Waals surface area contributed by atoms with Crippen molar-refractivity contribution in [2.75, 3.05) is 39.6 Å². The van der Waals surface area contributed by atoms with Crippen molar-refractivity contribution in [2.45, 2.75) is 438 Å². The Morgan fingerprint density at radius 2 is 0.307 bits per heavy atom. The van der Waals surface area contributed by atoms with Crippen LogP contribution in [-0.4, -0.2) is 138 Å². The van der Waals surface area contributed by atoms with Crippen molar-refractivity contribution < 1.29 is 61.3 Å². The lowest BCUT2D eigenvalue weighted by Gasteiger charge is -2.05. The zero-order chi connectivity index (χ0) is 67.3. The summed E-state index contributed by atoms with van der Waals surface area (Å²) in [6.07, 6.45) is 66.6. The quantitative estimate of drug-likeness (QED) is 0.0201. The first kappa shape index (κ1) is 101. The molecule has 12 nitrogen and oxygen atoms in total. The number of unbranched alkanes of at least 4 members (excludes halogenated alkanes) is 42. The fraction of sp³-hybridized carbons (Fsp3) is 0.974. The summed E-state index contributed by atoms with van der Waals surface area (Å²) in [4.78, 5) is 0. The second-order valence-corrected chi connectivity index (χ2v) is 25.3. The molecule has 6 atom stereocenters. The van der Waals surface area contributed by atoms with Gasteiger partial charge in [0.05, 0.1) is 76.3 Å². The third-order valence-electron chi connectivity index (χ3n) is 15.9. The summed E-state index contributed by atoms with van der Waals surface area (Å²) >= 11 is 0. The van der Waals surface area contributed by atoms with E-state index in [4.69, 9.17) is 61.3 Å². The zero-order valence-corrected chi connectivity index (χ0v) is 60.2. The third kappa shape index (κ3) is 116. The fourth-order valence-electron chi connectivity index (χ4n) is 9.64. The van der Waals surface area contributed by atoms with E-state index >= 15 is 0 Å². The molecule has 0 bridgehead atoms. The van der Waals surface area contributed by atoms with Gasteiger partial charge in [0.25, 0.3) is 0 Å². The van der Waals surface area contributed by atoms with Crippen LogP contribution in [0.1, 0.15) is 402 Å². The van der Waals surface area contributed by atoms with Gasteiger partial charge in [-0.15, -0.1) is 6.58 Å². The summed E-state index contributed by atoms with van der Waals surface area (Å²) in [6.45, 7) is 18.7. The van der Waals surface area contributed by atoms with Gasteiger partial charge in [0.15, 0.2) is 0 Å². The van der Waals surface area contributed by atoms with Gasteiger partial charge in [-0.2, -0.15) is 0 Å². The molecule has 0 saturated carbocycles. The summed E-state index contributed by atoms with van der Waals surface area (Å²) in [5.41, 5.74) is 0. The molecule has 540 valence electrons. The lowest BCUT2D eigenvalue weighted by Crippen LogP contribution is -2.10. The maximum Gasteiger partial charge on any atom is 0.0770 e. The Kier molecular flexibility index (Phi) is 114. The van der Waals surface area contributed by atoms with E-state index < -0.39 is 36.6 Å². The molecular weight excluding hydrogens is 1100 g/mol. The van der Waals surface area contributed by atoms with E-state index in [2.05, 4.69) is 55.0 Å². The van der Waals surface area contributed by atoms with E-state index in [-0.39, 0.29) is 39.6 Å². The highest BCUT2D eigenvalue weighted by Crippen LogP contribution is 2.15. The molecule has 0 aromatic rings. The molecule has 0 aliphatic heterocycles. The second kappa shape index (κ2) is 99.8. The van der Waals surface area contributed by atoms with Gasteiger partial charge in [0.2, 0.25) is 0 Å². The molecule has 6 unspecified atom stereocenters. The topological polar surface area (TPSA) is 243 Å². The maximum absolute atomic E-state index is 9.01. The zero-order valence-electron chi connectivity index (χ0n) is 60.2. The minimum atomic E-state index is -0.490. The average Bonchev–Trinajstić information content (AvgIpc) is 3.54. The molecular formula is C76H164O12. The molecule has 0 rings (SSSR count). The van der Waals surface area contributed by atoms with Crippen LogP contribution >= 0.6 is 0 Å². The van der Waals surface area contributed by atoms with Crippen molar-refractivity contribution in [1.82, 2.24) is 0 Å².